The molecule has 0 aromatic heterocycles. The number of nitrogens with one attached hydrogen (secondary N) is 1. The van der Waals surface area contributed by atoms with Gasteiger partial charge in [0, 0.05) is 19.2 Å². The molecule has 6 nitrogen and oxygen atoms in total. The number of amides is 1. The normalized spacial score (nSPS) is 15.7. The molecule has 1 amide bonds. The Labute approximate surface area is 89.2 Å². The van der Waals surface area contributed by atoms with Crippen molar-refractivity contribution in [3.63, 3.8) is 0 Å². The summed E-state index contributed by atoms with van der Waals surface area (Å²) in [6.07, 6.45) is 0.907. The quantitative estimate of drug-likeness (QED) is 0.511. The average Bonchev–Trinajstić information content (AvgIpc) is 2.10. The zero-order chi connectivity index (χ0) is 12.1. The number of hydrogen-bond donors (Lipinski definition) is 3. The second-order valence-corrected chi connectivity index (χ2v) is 6.07. The lowest BCUT2D eigenvalue weighted by molar-refractivity contribution is -0.122. The van der Waals surface area contributed by atoms with Crippen LogP contribution in [0.4, 0.5) is 0 Å². The lowest BCUT2D eigenvalue weighted by atomic mass is 10.1. The Morgan fingerprint density at radius 1 is 1.47 bits per heavy atom. The summed E-state index contributed by atoms with van der Waals surface area (Å²) in [5.41, 5.74) is -1.37. The van der Waals surface area contributed by atoms with Crippen molar-refractivity contribution in [2.75, 3.05) is 25.2 Å². The molecule has 1 unspecified atom stereocenters. The first-order valence-corrected chi connectivity index (χ1v) is 6.50. The third-order valence-electron chi connectivity index (χ3n) is 1.71. The largest absolute Gasteiger partial charge is 0.393 e. The van der Waals surface area contributed by atoms with Gasteiger partial charge in [0.25, 0.3) is 0 Å². The lowest BCUT2D eigenvalue weighted by Crippen LogP contribution is -2.43. The predicted octanol–water partition coefficient (Wildman–Crippen LogP) is -1.72. The monoisotopic (exact) mass is 239 g/mol. The summed E-state index contributed by atoms with van der Waals surface area (Å²) in [6.45, 7) is 0.787. The molecular weight excluding hydrogens is 222 g/mol. The lowest BCUT2D eigenvalue weighted by Gasteiger charge is -2.20. The van der Waals surface area contributed by atoms with Gasteiger partial charge in [-0.3, -0.25) is 4.79 Å². The molecule has 90 valence electrons. The van der Waals surface area contributed by atoms with Crippen LogP contribution in [0.5, 0.6) is 0 Å². The molecule has 0 rings (SSSR count). The molecule has 0 radical (unpaired) electrons. The van der Waals surface area contributed by atoms with E-state index in [1.807, 2.05) is 0 Å². The summed E-state index contributed by atoms with van der Waals surface area (Å²) < 4.78 is 21.4. The van der Waals surface area contributed by atoms with E-state index < -0.39 is 28.0 Å². The standard InChI is InChI=1S/C8H17NO5S/c1-8(12,6-10)5-9-7(11)3-4-15(2,13)14/h10,12H,3-6H2,1-2H3,(H,9,11). The zero-order valence-electron chi connectivity index (χ0n) is 8.86. The maximum atomic E-state index is 11.1. The van der Waals surface area contributed by atoms with Gasteiger partial charge in [-0.05, 0) is 6.92 Å². The molecule has 3 N–H and O–H groups in total. The molecule has 0 spiro atoms. The smallest absolute Gasteiger partial charge is 0.221 e. The van der Waals surface area contributed by atoms with Gasteiger partial charge in [-0.15, -0.1) is 0 Å². The number of aliphatic hydroxyl groups is 2. The highest BCUT2D eigenvalue weighted by Gasteiger charge is 2.19. The number of carbonyl (C=O) groups excluding carboxylic acids is 1. The first kappa shape index (κ1) is 14.3. The van der Waals surface area contributed by atoms with E-state index in [1.165, 1.54) is 6.92 Å². The van der Waals surface area contributed by atoms with Crippen molar-refractivity contribution in [3.05, 3.63) is 0 Å². The minimum absolute atomic E-state index is 0.105. The van der Waals surface area contributed by atoms with Crippen molar-refractivity contribution in [2.24, 2.45) is 0 Å². The van der Waals surface area contributed by atoms with Gasteiger partial charge in [0.2, 0.25) is 5.91 Å². The van der Waals surface area contributed by atoms with Crippen molar-refractivity contribution in [2.45, 2.75) is 18.9 Å². The van der Waals surface area contributed by atoms with Gasteiger partial charge >= 0.3 is 0 Å². The van der Waals surface area contributed by atoms with Crippen LogP contribution in [0.25, 0.3) is 0 Å². The van der Waals surface area contributed by atoms with Crippen LogP contribution in [0.2, 0.25) is 0 Å². The topological polar surface area (TPSA) is 104 Å². The molecule has 0 fully saturated rings. The van der Waals surface area contributed by atoms with Crippen molar-refractivity contribution in [1.82, 2.24) is 5.32 Å². The summed E-state index contributed by atoms with van der Waals surface area (Å²) >= 11 is 0. The van der Waals surface area contributed by atoms with Crippen LogP contribution in [-0.4, -0.2) is 55.3 Å². The van der Waals surface area contributed by atoms with Gasteiger partial charge in [0.1, 0.15) is 15.4 Å². The Kier molecular flexibility index (Phi) is 5.19. The van der Waals surface area contributed by atoms with Gasteiger partial charge in [0.15, 0.2) is 0 Å². The van der Waals surface area contributed by atoms with Crippen LogP contribution in [0.15, 0.2) is 0 Å². The Morgan fingerprint density at radius 3 is 2.40 bits per heavy atom. The molecule has 0 saturated carbocycles. The van der Waals surface area contributed by atoms with E-state index in [4.69, 9.17) is 5.11 Å². The van der Waals surface area contributed by atoms with Gasteiger partial charge in [-0.1, -0.05) is 0 Å². The van der Waals surface area contributed by atoms with Crippen LogP contribution in [-0.2, 0) is 14.6 Å². The Balaban J connectivity index is 3.87. The first-order valence-electron chi connectivity index (χ1n) is 4.44. The van der Waals surface area contributed by atoms with Gasteiger partial charge in [0.05, 0.1) is 12.4 Å². The Morgan fingerprint density at radius 2 is 2.00 bits per heavy atom. The van der Waals surface area contributed by atoms with E-state index in [9.17, 15) is 18.3 Å². The third kappa shape index (κ3) is 8.34. The molecule has 15 heavy (non-hydrogen) atoms. The molecule has 0 aliphatic carbocycles. The molecule has 0 bridgehead atoms. The SMILES string of the molecule is CC(O)(CO)CNC(=O)CCS(C)(=O)=O. The highest BCUT2D eigenvalue weighted by molar-refractivity contribution is 7.90. The molecule has 7 heteroatoms. The Hall–Kier alpha value is -0.660. The zero-order valence-corrected chi connectivity index (χ0v) is 9.67. The summed E-state index contributed by atoms with van der Waals surface area (Å²) in [6, 6.07) is 0. The fraction of sp³-hybridized carbons (Fsp3) is 0.875. The summed E-state index contributed by atoms with van der Waals surface area (Å²) in [5.74, 6) is -0.686. The van der Waals surface area contributed by atoms with Crippen LogP contribution >= 0.6 is 0 Å². The van der Waals surface area contributed by atoms with E-state index >= 15 is 0 Å². The van der Waals surface area contributed by atoms with Crippen LogP contribution < -0.4 is 5.32 Å². The van der Waals surface area contributed by atoms with Crippen molar-refractivity contribution in [1.29, 1.82) is 0 Å². The minimum atomic E-state index is -3.15. The molecule has 0 aromatic rings. The predicted molar refractivity (Wildman–Crippen MR) is 55.0 cm³/mol. The van der Waals surface area contributed by atoms with E-state index in [0.717, 1.165) is 6.26 Å². The maximum absolute atomic E-state index is 11.1. The molecule has 1 atom stereocenters. The highest BCUT2D eigenvalue weighted by Crippen LogP contribution is 1.98. The van der Waals surface area contributed by atoms with Gasteiger partial charge in [-0.25, -0.2) is 8.42 Å². The summed E-state index contributed by atoms with van der Waals surface area (Å²) in [4.78, 5) is 11.1. The number of hydrogen-bond acceptors (Lipinski definition) is 5. The van der Waals surface area contributed by atoms with Crippen molar-refractivity contribution >= 4 is 15.7 Å². The summed E-state index contributed by atoms with van der Waals surface area (Å²) in [7, 11) is -3.15. The van der Waals surface area contributed by atoms with Crippen LogP contribution in [0.3, 0.4) is 0 Å². The fourth-order valence-electron chi connectivity index (χ4n) is 0.711. The van der Waals surface area contributed by atoms with E-state index in [1.54, 1.807) is 0 Å². The van der Waals surface area contributed by atoms with E-state index in [-0.39, 0.29) is 18.7 Å². The molecule has 0 aliphatic rings. The molecule has 0 aromatic carbocycles. The van der Waals surface area contributed by atoms with Crippen molar-refractivity contribution in [3.8, 4) is 0 Å². The van der Waals surface area contributed by atoms with Gasteiger partial charge in [-0.2, -0.15) is 0 Å². The fourth-order valence-corrected chi connectivity index (χ4v) is 1.27. The maximum Gasteiger partial charge on any atom is 0.221 e. The Bertz CT molecular complexity index is 309. The first-order chi connectivity index (χ1) is 6.66. The average molecular weight is 239 g/mol. The van der Waals surface area contributed by atoms with Gasteiger partial charge < -0.3 is 15.5 Å². The number of sulfone groups is 1. The number of aliphatic hydroxyl groups excluding tert-OH is 1. The highest BCUT2D eigenvalue weighted by atomic mass is 32.2. The van der Waals surface area contributed by atoms with Crippen LogP contribution in [0.1, 0.15) is 13.3 Å². The van der Waals surface area contributed by atoms with Crippen LogP contribution in [0, 0.1) is 0 Å². The number of rotatable bonds is 6. The van der Waals surface area contributed by atoms with E-state index in [2.05, 4.69) is 5.32 Å². The summed E-state index contributed by atoms with van der Waals surface area (Å²) in [5, 5.41) is 20.3. The number of carbonyl (C=O) groups is 1. The molecule has 0 heterocycles. The third-order valence-corrected chi connectivity index (χ3v) is 2.65. The van der Waals surface area contributed by atoms with E-state index in [0.29, 0.717) is 0 Å². The molecular formula is C8H17NO5S. The minimum Gasteiger partial charge on any atom is -0.393 e. The van der Waals surface area contributed by atoms with Crippen molar-refractivity contribution < 1.29 is 23.4 Å². The molecule has 0 saturated heterocycles. The second kappa shape index (κ2) is 5.43. The second-order valence-electron chi connectivity index (χ2n) is 3.81. The molecule has 0 aliphatic heterocycles.